The van der Waals surface area contributed by atoms with Crippen LogP contribution in [-0.4, -0.2) is 39.2 Å². The van der Waals surface area contributed by atoms with E-state index >= 15 is 0 Å². The molecule has 4 rings (SSSR count). The highest BCUT2D eigenvalue weighted by molar-refractivity contribution is 7.91. The molecule has 8 heteroatoms. The number of rotatable bonds is 3. The van der Waals surface area contributed by atoms with Crippen molar-refractivity contribution in [3.8, 4) is 0 Å². The van der Waals surface area contributed by atoms with Crippen LogP contribution < -0.4 is 10.2 Å². The number of sulfone groups is 1. The molecule has 0 saturated carbocycles. The molecule has 0 amide bonds. The lowest BCUT2D eigenvalue weighted by Gasteiger charge is -2.30. The number of hydrogen-bond donors (Lipinski definition) is 1. The second-order valence-corrected chi connectivity index (χ2v) is 8.83. The summed E-state index contributed by atoms with van der Waals surface area (Å²) in [6.07, 6.45) is 1.71. The first-order chi connectivity index (χ1) is 12.5. The number of benzene rings is 2. The van der Waals surface area contributed by atoms with Crippen molar-refractivity contribution in [1.29, 1.82) is 0 Å². The van der Waals surface area contributed by atoms with Crippen LogP contribution in [0.25, 0.3) is 10.9 Å². The molecule has 0 atom stereocenters. The zero-order valence-corrected chi connectivity index (χ0v) is 17.2. The third-order valence-corrected chi connectivity index (χ3v) is 6.86. The highest BCUT2D eigenvalue weighted by atomic mass is 35.5. The summed E-state index contributed by atoms with van der Waals surface area (Å²) >= 11 is 5.90. The van der Waals surface area contributed by atoms with E-state index in [1.54, 1.807) is 30.5 Å². The molecule has 1 saturated heterocycles. The summed E-state index contributed by atoms with van der Waals surface area (Å²) in [6.45, 7) is 3.67. The van der Waals surface area contributed by atoms with Crippen molar-refractivity contribution in [2.24, 2.45) is 7.05 Å². The van der Waals surface area contributed by atoms with Gasteiger partial charge in [0.15, 0.2) is 0 Å². The van der Waals surface area contributed by atoms with E-state index in [0.29, 0.717) is 9.92 Å². The van der Waals surface area contributed by atoms with Crippen LogP contribution in [0.4, 0.5) is 5.69 Å². The Bertz CT molecular complexity index is 1060. The average Bonchev–Trinajstić information content (AvgIpc) is 3.01. The lowest BCUT2D eigenvalue weighted by atomic mass is 10.2. The number of aryl methyl sites for hydroxylation is 1. The van der Waals surface area contributed by atoms with Crippen LogP contribution in [0, 0.1) is 0 Å². The van der Waals surface area contributed by atoms with Crippen LogP contribution in [0.15, 0.2) is 58.5 Å². The minimum absolute atomic E-state index is 0. The Balaban J connectivity index is 0.00000210. The van der Waals surface area contributed by atoms with Gasteiger partial charge in [-0.15, -0.1) is 12.4 Å². The number of nitrogens with zero attached hydrogens (tertiary/aromatic N) is 2. The fourth-order valence-corrected chi connectivity index (χ4v) is 5.15. The van der Waals surface area contributed by atoms with Crippen LogP contribution in [0.3, 0.4) is 0 Å². The topological polar surface area (TPSA) is 54.3 Å². The maximum absolute atomic E-state index is 13.2. The van der Waals surface area contributed by atoms with Gasteiger partial charge in [0.25, 0.3) is 0 Å². The average molecular weight is 426 g/mol. The zero-order chi connectivity index (χ0) is 18.3. The summed E-state index contributed by atoms with van der Waals surface area (Å²) in [7, 11) is -1.72. The smallest absolute Gasteiger partial charge is 0.208 e. The summed E-state index contributed by atoms with van der Waals surface area (Å²) in [6, 6.07) is 12.2. The molecule has 0 spiro atoms. The first-order valence-electron chi connectivity index (χ1n) is 8.53. The number of anilines is 1. The predicted molar refractivity (Wildman–Crippen MR) is 112 cm³/mol. The van der Waals surface area contributed by atoms with Crippen LogP contribution in [0.1, 0.15) is 0 Å². The molecular weight excluding hydrogens is 405 g/mol. The Morgan fingerprint density at radius 2 is 1.70 bits per heavy atom. The molecule has 0 aliphatic carbocycles. The Kier molecular flexibility index (Phi) is 5.72. The molecule has 2 heterocycles. The van der Waals surface area contributed by atoms with E-state index < -0.39 is 9.84 Å². The minimum Gasteiger partial charge on any atom is -0.367 e. The third-order valence-electron chi connectivity index (χ3n) is 4.81. The largest absolute Gasteiger partial charge is 0.367 e. The van der Waals surface area contributed by atoms with Gasteiger partial charge in [-0.3, -0.25) is 0 Å². The number of fused-ring (bicyclic) bond motifs is 1. The monoisotopic (exact) mass is 425 g/mol. The van der Waals surface area contributed by atoms with Gasteiger partial charge in [-0.1, -0.05) is 23.7 Å². The molecule has 1 fully saturated rings. The zero-order valence-electron chi connectivity index (χ0n) is 14.9. The standard InChI is InChI=1S/C19H20ClN3O2S.ClH/c1-22-13-18(26(24,25)15-7-5-14(20)6-8-15)16-3-2-4-17(19(16)22)23-11-9-21-10-12-23;/h2-8,13,21H,9-12H2,1H3;1H. The van der Waals surface area contributed by atoms with E-state index in [4.69, 9.17) is 11.6 Å². The van der Waals surface area contributed by atoms with Gasteiger partial charge in [-0.2, -0.15) is 0 Å². The van der Waals surface area contributed by atoms with Gasteiger partial charge in [-0.25, -0.2) is 8.42 Å². The SMILES string of the molecule is Cl.Cn1cc(S(=O)(=O)c2ccc(Cl)cc2)c2cccc(N3CCNCC3)c21. The molecular formula is C19H21Cl2N3O2S. The summed E-state index contributed by atoms with van der Waals surface area (Å²) in [5.74, 6) is 0. The molecule has 5 nitrogen and oxygen atoms in total. The number of piperazine rings is 1. The Hall–Kier alpha value is -1.73. The lowest BCUT2D eigenvalue weighted by Crippen LogP contribution is -2.43. The molecule has 0 bridgehead atoms. The molecule has 1 aliphatic rings. The van der Waals surface area contributed by atoms with Crippen LogP contribution in [-0.2, 0) is 16.9 Å². The molecule has 0 radical (unpaired) electrons. The second-order valence-electron chi connectivity index (χ2n) is 6.47. The fourth-order valence-electron chi connectivity index (χ4n) is 3.53. The van der Waals surface area contributed by atoms with Crippen LogP contribution >= 0.6 is 24.0 Å². The molecule has 3 aromatic rings. The molecule has 2 aromatic carbocycles. The number of nitrogens with one attached hydrogen (secondary N) is 1. The third kappa shape index (κ3) is 3.55. The minimum atomic E-state index is -3.62. The first-order valence-corrected chi connectivity index (χ1v) is 10.4. The van der Waals surface area contributed by atoms with Crippen LogP contribution in [0.5, 0.6) is 0 Å². The Morgan fingerprint density at radius 3 is 2.37 bits per heavy atom. The maximum atomic E-state index is 13.2. The van der Waals surface area contributed by atoms with Crippen molar-refractivity contribution >= 4 is 50.4 Å². The van der Waals surface area contributed by atoms with E-state index in [9.17, 15) is 8.42 Å². The van der Waals surface area contributed by atoms with E-state index in [2.05, 4.69) is 16.3 Å². The van der Waals surface area contributed by atoms with E-state index in [1.807, 2.05) is 23.7 Å². The molecule has 1 aliphatic heterocycles. The molecule has 27 heavy (non-hydrogen) atoms. The first kappa shape index (κ1) is 20.0. The molecule has 0 unspecified atom stereocenters. The van der Waals surface area contributed by atoms with Gasteiger partial charge in [0.1, 0.15) is 0 Å². The van der Waals surface area contributed by atoms with E-state index in [1.165, 1.54) is 0 Å². The van der Waals surface area contributed by atoms with E-state index in [-0.39, 0.29) is 17.3 Å². The fraction of sp³-hybridized carbons (Fsp3) is 0.263. The number of para-hydroxylation sites is 1. The van der Waals surface area contributed by atoms with Crippen molar-refractivity contribution in [3.05, 3.63) is 53.7 Å². The Labute approximate surface area is 170 Å². The highest BCUT2D eigenvalue weighted by Crippen LogP contribution is 2.35. The highest BCUT2D eigenvalue weighted by Gasteiger charge is 2.25. The van der Waals surface area contributed by atoms with Crippen molar-refractivity contribution in [2.45, 2.75) is 9.79 Å². The van der Waals surface area contributed by atoms with Gasteiger partial charge >= 0.3 is 0 Å². The summed E-state index contributed by atoms with van der Waals surface area (Å²) in [4.78, 5) is 2.88. The van der Waals surface area contributed by atoms with Crippen LogP contribution in [0.2, 0.25) is 5.02 Å². The Morgan fingerprint density at radius 1 is 1.04 bits per heavy atom. The van der Waals surface area contributed by atoms with Crippen molar-refractivity contribution < 1.29 is 8.42 Å². The maximum Gasteiger partial charge on any atom is 0.208 e. The van der Waals surface area contributed by atoms with Gasteiger partial charge in [0.05, 0.1) is 21.0 Å². The van der Waals surface area contributed by atoms with Crippen molar-refractivity contribution in [1.82, 2.24) is 9.88 Å². The molecule has 1 aromatic heterocycles. The summed E-state index contributed by atoms with van der Waals surface area (Å²) < 4.78 is 28.3. The van der Waals surface area contributed by atoms with Gasteiger partial charge in [-0.05, 0) is 30.3 Å². The molecule has 1 N–H and O–H groups in total. The summed E-state index contributed by atoms with van der Waals surface area (Å²) in [5.41, 5.74) is 2.02. The van der Waals surface area contributed by atoms with Gasteiger partial charge in [0, 0.05) is 49.8 Å². The second kappa shape index (κ2) is 7.72. The van der Waals surface area contributed by atoms with Crippen molar-refractivity contribution in [2.75, 3.05) is 31.1 Å². The van der Waals surface area contributed by atoms with Gasteiger partial charge in [0.2, 0.25) is 9.84 Å². The molecule has 144 valence electrons. The van der Waals surface area contributed by atoms with Crippen molar-refractivity contribution in [3.63, 3.8) is 0 Å². The van der Waals surface area contributed by atoms with Gasteiger partial charge < -0.3 is 14.8 Å². The van der Waals surface area contributed by atoms with E-state index in [0.717, 1.165) is 42.8 Å². The normalized spacial score (nSPS) is 15.0. The summed E-state index contributed by atoms with van der Waals surface area (Å²) in [5, 5.41) is 4.61. The lowest BCUT2D eigenvalue weighted by molar-refractivity contribution is 0.590. The number of hydrogen-bond acceptors (Lipinski definition) is 4. The number of halogens is 2. The number of aromatic nitrogens is 1. The quantitative estimate of drug-likeness (QED) is 0.697. The predicted octanol–water partition coefficient (Wildman–Crippen LogP) is 3.50.